The van der Waals surface area contributed by atoms with E-state index in [-0.39, 0.29) is 12.2 Å². The van der Waals surface area contributed by atoms with Crippen molar-refractivity contribution in [2.75, 3.05) is 9.80 Å². The van der Waals surface area contributed by atoms with Crippen LogP contribution >= 0.6 is 0 Å². The Hall–Kier alpha value is -6.20. The number of carbonyl (C=O) groups excluding carboxylic acids is 3. The van der Waals surface area contributed by atoms with Crippen molar-refractivity contribution in [3.8, 4) is 17.5 Å². The Bertz CT molecular complexity index is 2040. The number of carbonyl (C=O) groups is 3. The molecule has 0 atom stereocenters. The smallest absolute Gasteiger partial charge is 0.343 e. The van der Waals surface area contributed by atoms with E-state index in [4.69, 9.17) is 4.74 Å². The van der Waals surface area contributed by atoms with Gasteiger partial charge < -0.3 is 9.30 Å². The number of anilines is 2. The molecule has 2 heterocycles. The van der Waals surface area contributed by atoms with Gasteiger partial charge in [0.25, 0.3) is 11.8 Å². The maximum absolute atomic E-state index is 13.9. The van der Waals surface area contributed by atoms with Crippen LogP contribution in [0.1, 0.15) is 33.6 Å². The number of aromatic nitrogens is 1. The SMILES string of the molecule is Cc1ccc(N2C(=O)/C(=C/c3cc(C)n(-c4ccc(OCc5ccccc5C#N)cc4)c3C)C(=O)N(c3ccccc3)C2=O)cc1. The third-order valence-electron chi connectivity index (χ3n) is 7.95. The lowest BCUT2D eigenvalue weighted by atomic mass is 10.0. The van der Waals surface area contributed by atoms with Crippen LogP contribution in [0, 0.1) is 32.1 Å². The van der Waals surface area contributed by atoms with Gasteiger partial charge in [-0.1, -0.05) is 54.1 Å². The number of nitrogens with zero attached hydrogens (tertiary/aromatic N) is 4. The minimum absolute atomic E-state index is 0.120. The summed E-state index contributed by atoms with van der Waals surface area (Å²) in [5.41, 5.74) is 6.24. The summed E-state index contributed by atoms with van der Waals surface area (Å²) in [6, 6.07) is 33.9. The number of hydrogen-bond acceptors (Lipinski definition) is 5. The lowest BCUT2D eigenvalue weighted by Crippen LogP contribution is -2.57. The number of imide groups is 2. The Labute approximate surface area is 267 Å². The first-order chi connectivity index (χ1) is 22.3. The molecule has 1 aliphatic heterocycles. The summed E-state index contributed by atoms with van der Waals surface area (Å²) in [5.74, 6) is -0.717. The number of amides is 4. The first-order valence-electron chi connectivity index (χ1n) is 14.7. The number of para-hydroxylation sites is 1. The van der Waals surface area contributed by atoms with E-state index in [0.717, 1.165) is 38.0 Å². The Morgan fingerprint density at radius 2 is 1.30 bits per heavy atom. The molecule has 1 fully saturated rings. The standard InChI is InChI=1S/C38H30N4O4/c1-25-13-15-33(16-14-25)42-37(44)35(36(43)41(38(42)45)31-11-5-4-6-12-31)22-30-21-26(2)40(27(30)3)32-17-19-34(20-18-32)46-24-29-10-8-7-9-28(29)23-39/h4-22H,24H2,1-3H3/b35-22+. The van der Waals surface area contributed by atoms with Gasteiger partial charge in [0.2, 0.25) is 0 Å². The molecule has 226 valence electrons. The van der Waals surface area contributed by atoms with Gasteiger partial charge in [-0.15, -0.1) is 0 Å². The third kappa shape index (κ3) is 5.58. The van der Waals surface area contributed by atoms with E-state index in [1.165, 1.54) is 0 Å². The Balaban J connectivity index is 1.33. The van der Waals surface area contributed by atoms with E-state index in [9.17, 15) is 19.6 Å². The Kier molecular flexibility index (Phi) is 8.06. The highest BCUT2D eigenvalue weighted by Crippen LogP contribution is 2.31. The second-order valence-electron chi connectivity index (χ2n) is 11.0. The van der Waals surface area contributed by atoms with E-state index < -0.39 is 17.8 Å². The molecule has 46 heavy (non-hydrogen) atoms. The maximum Gasteiger partial charge on any atom is 0.343 e. The molecule has 1 aromatic heterocycles. The average molecular weight is 607 g/mol. The van der Waals surface area contributed by atoms with Crippen molar-refractivity contribution in [2.45, 2.75) is 27.4 Å². The van der Waals surface area contributed by atoms with Gasteiger partial charge >= 0.3 is 6.03 Å². The fourth-order valence-corrected chi connectivity index (χ4v) is 5.55. The van der Waals surface area contributed by atoms with E-state index in [1.807, 2.05) is 86.0 Å². The van der Waals surface area contributed by atoms with Gasteiger partial charge in [-0.2, -0.15) is 5.26 Å². The summed E-state index contributed by atoms with van der Waals surface area (Å²) >= 11 is 0. The van der Waals surface area contributed by atoms with Crippen LogP contribution in [0.5, 0.6) is 5.75 Å². The molecule has 1 aliphatic rings. The molecule has 0 N–H and O–H groups in total. The van der Waals surface area contributed by atoms with Crippen LogP contribution in [0.25, 0.3) is 11.8 Å². The number of rotatable bonds is 7. The van der Waals surface area contributed by atoms with Crippen molar-refractivity contribution >= 4 is 35.3 Å². The first-order valence-corrected chi connectivity index (χ1v) is 14.7. The average Bonchev–Trinajstić information content (AvgIpc) is 3.35. The van der Waals surface area contributed by atoms with Crippen molar-refractivity contribution in [3.63, 3.8) is 0 Å². The number of barbiturate groups is 1. The van der Waals surface area contributed by atoms with Crippen molar-refractivity contribution in [1.29, 1.82) is 5.26 Å². The number of urea groups is 1. The number of benzene rings is 4. The van der Waals surface area contributed by atoms with Crippen LogP contribution < -0.4 is 14.5 Å². The van der Waals surface area contributed by atoms with Gasteiger partial charge in [-0.3, -0.25) is 9.59 Å². The monoisotopic (exact) mass is 606 g/mol. The van der Waals surface area contributed by atoms with Gasteiger partial charge in [0.05, 0.1) is 23.0 Å². The van der Waals surface area contributed by atoms with Gasteiger partial charge in [0.1, 0.15) is 17.9 Å². The van der Waals surface area contributed by atoms with Crippen LogP contribution in [0.3, 0.4) is 0 Å². The first kappa shape index (κ1) is 29.9. The highest BCUT2D eigenvalue weighted by molar-refractivity contribution is 6.46. The number of hydrogen-bond donors (Lipinski definition) is 0. The minimum Gasteiger partial charge on any atom is -0.489 e. The lowest BCUT2D eigenvalue weighted by molar-refractivity contribution is -0.121. The number of aryl methyl sites for hydroxylation is 2. The molecule has 8 nitrogen and oxygen atoms in total. The Morgan fingerprint density at radius 1 is 0.717 bits per heavy atom. The summed E-state index contributed by atoms with van der Waals surface area (Å²) in [6.45, 7) is 6.05. The summed E-state index contributed by atoms with van der Waals surface area (Å²) in [5, 5.41) is 9.35. The molecule has 6 rings (SSSR count). The fraction of sp³-hybridized carbons (Fsp3) is 0.105. The molecule has 4 amide bonds. The molecule has 4 aromatic carbocycles. The molecule has 0 bridgehead atoms. The van der Waals surface area contributed by atoms with Crippen LogP contribution in [0.2, 0.25) is 0 Å². The molecule has 5 aromatic rings. The third-order valence-corrected chi connectivity index (χ3v) is 7.95. The van der Waals surface area contributed by atoms with E-state index in [0.29, 0.717) is 28.3 Å². The Morgan fingerprint density at radius 3 is 1.96 bits per heavy atom. The predicted octanol–water partition coefficient (Wildman–Crippen LogP) is 7.44. The molecule has 0 saturated carbocycles. The minimum atomic E-state index is -0.730. The van der Waals surface area contributed by atoms with E-state index in [1.54, 1.807) is 54.6 Å². The normalized spacial score (nSPS) is 14.1. The zero-order valence-corrected chi connectivity index (χ0v) is 25.6. The van der Waals surface area contributed by atoms with Gasteiger partial charge in [-0.25, -0.2) is 14.6 Å². The summed E-state index contributed by atoms with van der Waals surface area (Å²) in [7, 11) is 0. The molecule has 1 saturated heterocycles. The van der Waals surface area contributed by atoms with E-state index in [2.05, 4.69) is 6.07 Å². The van der Waals surface area contributed by atoms with Crippen LogP contribution in [0.4, 0.5) is 16.2 Å². The van der Waals surface area contributed by atoms with Crippen LogP contribution in [-0.2, 0) is 16.2 Å². The van der Waals surface area contributed by atoms with Gasteiger partial charge in [0.15, 0.2) is 0 Å². The maximum atomic E-state index is 13.9. The molecule has 8 heteroatoms. The lowest BCUT2D eigenvalue weighted by Gasteiger charge is -2.34. The predicted molar refractivity (Wildman–Crippen MR) is 177 cm³/mol. The largest absolute Gasteiger partial charge is 0.489 e. The van der Waals surface area contributed by atoms with Crippen molar-refractivity contribution in [2.24, 2.45) is 0 Å². The highest BCUT2D eigenvalue weighted by Gasteiger charge is 2.43. The molecular formula is C38H30N4O4. The zero-order valence-electron chi connectivity index (χ0n) is 25.6. The van der Waals surface area contributed by atoms with Crippen LogP contribution in [-0.4, -0.2) is 22.4 Å². The highest BCUT2D eigenvalue weighted by atomic mass is 16.5. The van der Waals surface area contributed by atoms with E-state index >= 15 is 0 Å². The number of ether oxygens (including phenoxy) is 1. The molecule has 0 aliphatic carbocycles. The molecule has 0 unspecified atom stereocenters. The van der Waals surface area contributed by atoms with Crippen molar-refractivity contribution < 1.29 is 19.1 Å². The van der Waals surface area contributed by atoms with Crippen LogP contribution in [0.15, 0.2) is 115 Å². The van der Waals surface area contributed by atoms with Crippen molar-refractivity contribution in [1.82, 2.24) is 4.57 Å². The second-order valence-corrected chi connectivity index (χ2v) is 11.0. The molecule has 0 radical (unpaired) electrons. The fourth-order valence-electron chi connectivity index (χ4n) is 5.55. The molecule has 0 spiro atoms. The summed E-state index contributed by atoms with van der Waals surface area (Å²) in [6.07, 6.45) is 1.57. The molecular weight excluding hydrogens is 576 g/mol. The topological polar surface area (TPSA) is 95.6 Å². The second kappa shape index (κ2) is 12.4. The zero-order chi connectivity index (χ0) is 32.4. The number of nitriles is 1. The summed E-state index contributed by atoms with van der Waals surface area (Å²) < 4.78 is 7.97. The summed E-state index contributed by atoms with van der Waals surface area (Å²) in [4.78, 5) is 43.5. The van der Waals surface area contributed by atoms with Crippen molar-refractivity contribution in [3.05, 3.63) is 148 Å². The quantitative estimate of drug-likeness (QED) is 0.142. The van der Waals surface area contributed by atoms with Gasteiger partial charge in [-0.05, 0) is 93.1 Å². The van der Waals surface area contributed by atoms with Gasteiger partial charge in [0, 0.05) is 22.6 Å².